The summed E-state index contributed by atoms with van der Waals surface area (Å²) in [6.45, 7) is 2.00. The van der Waals surface area contributed by atoms with E-state index in [4.69, 9.17) is 30.1 Å². The van der Waals surface area contributed by atoms with Crippen LogP contribution in [-0.4, -0.2) is 42.4 Å². The van der Waals surface area contributed by atoms with Crippen LogP contribution >= 0.6 is 11.3 Å². The minimum absolute atomic E-state index is 0.285. The van der Waals surface area contributed by atoms with Crippen LogP contribution in [0.2, 0.25) is 0 Å². The number of anilines is 1. The van der Waals surface area contributed by atoms with Gasteiger partial charge in [-0.05, 0) is 67.1 Å². The van der Waals surface area contributed by atoms with Gasteiger partial charge in [0, 0.05) is 19.7 Å². The van der Waals surface area contributed by atoms with Gasteiger partial charge in [0.25, 0.3) is 0 Å². The van der Waals surface area contributed by atoms with Crippen LogP contribution in [0.3, 0.4) is 0 Å². The smallest absolute Gasteiger partial charge is 0.490 e. The molecule has 7 nitrogen and oxygen atoms in total. The zero-order chi connectivity index (χ0) is 27.7. The van der Waals surface area contributed by atoms with Gasteiger partial charge in [-0.3, -0.25) is 0 Å². The Bertz CT molecular complexity index is 1330. The van der Waals surface area contributed by atoms with E-state index in [1.54, 1.807) is 23.5 Å². The molecular formula is C26H25F4N3O4S. The van der Waals surface area contributed by atoms with E-state index in [0.717, 1.165) is 34.1 Å². The second kappa shape index (κ2) is 13.1. The summed E-state index contributed by atoms with van der Waals surface area (Å²) in [6.07, 6.45) is -4.24. The quantitative estimate of drug-likeness (QED) is 0.188. The molecule has 0 atom stereocenters. The average molecular weight is 552 g/mol. The number of hydrogen-bond acceptors (Lipinski definition) is 7. The number of benzene rings is 3. The van der Waals surface area contributed by atoms with Gasteiger partial charge in [0.05, 0.1) is 16.8 Å². The van der Waals surface area contributed by atoms with E-state index in [2.05, 4.69) is 17.0 Å². The summed E-state index contributed by atoms with van der Waals surface area (Å²) in [5.74, 6) is -0.895. The van der Waals surface area contributed by atoms with Gasteiger partial charge in [0.1, 0.15) is 23.1 Å². The van der Waals surface area contributed by atoms with Gasteiger partial charge in [-0.15, -0.1) is 0 Å². The molecular weight excluding hydrogens is 526 g/mol. The molecule has 0 aliphatic heterocycles. The van der Waals surface area contributed by atoms with E-state index in [1.807, 2.05) is 37.4 Å². The van der Waals surface area contributed by atoms with Crippen molar-refractivity contribution in [2.75, 3.05) is 25.1 Å². The summed E-state index contributed by atoms with van der Waals surface area (Å²) < 4.78 is 57.3. The molecule has 3 aromatic carbocycles. The van der Waals surface area contributed by atoms with Crippen molar-refractivity contribution in [3.63, 3.8) is 0 Å². The van der Waals surface area contributed by atoms with Crippen molar-refractivity contribution in [1.29, 1.82) is 0 Å². The molecule has 0 unspecified atom stereocenters. The van der Waals surface area contributed by atoms with Gasteiger partial charge in [0.2, 0.25) is 0 Å². The van der Waals surface area contributed by atoms with E-state index >= 15 is 0 Å². The molecule has 0 saturated heterocycles. The Labute approximate surface area is 220 Å². The summed E-state index contributed by atoms with van der Waals surface area (Å²) in [5, 5.41) is 8.05. The topological polar surface area (TPSA) is 97.9 Å². The van der Waals surface area contributed by atoms with Crippen molar-refractivity contribution in [2.45, 2.75) is 19.1 Å². The number of aromatic nitrogens is 1. The SMILES string of the molecule is CN(Cc1ccc(OCCCN)cc1)c1nc2ccc(Oc3ccc(F)cc3)cc2s1.O=C(O)C(F)(F)F. The number of hydrogen-bond donors (Lipinski definition) is 2. The molecule has 0 fully saturated rings. The summed E-state index contributed by atoms with van der Waals surface area (Å²) in [6, 6.07) is 19.9. The Balaban J connectivity index is 0.000000505. The van der Waals surface area contributed by atoms with E-state index in [0.29, 0.717) is 24.7 Å². The lowest BCUT2D eigenvalue weighted by atomic mass is 10.2. The molecule has 1 heterocycles. The van der Waals surface area contributed by atoms with E-state index < -0.39 is 12.1 Å². The Morgan fingerprint density at radius 3 is 2.24 bits per heavy atom. The third-order valence-corrected chi connectivity index (χ3v) is 6.06. The fourth-order valence-electron chi connectivity index (χ4n) is 3.06. The number of carboxylic acid groups (broad SMARTS) is 1. The Kier molecular flexibility index (Phi) is 9.85. The number of nitrogens with zero attached hydrogens (tertiary/aromatic N) is 2. The molecule has 3 N–H and O–H groups in total. The highest BCUT2D eigenvalue weighted by atomic mass is 32.1. The first-order chi connectivity index (χ1) is 18.0. The van der Waals surface area contributed by atoms with Crippen LogP contribution < -0.4 is 20.1 Å². The van der Waals surface area contributed by atoms with Gasteiger partial charge in [0.15, 0.2) is 5.13 Å². The first-order valence-electron chi connectivity index (χ1n) is 11.3. The van der Waals surface area contributed by atoms with Crippen LogP contribution in [0.1, 0.15) is 12.0 Å². The molecule has 4 rings (SSSR count). The highest BCUT2D eigenvalue weighted by molar-refractivity contribution is 7.22. The van der Waals surface area contributed by atoms with Crippen molar-refractivity contribution in [2.24, 2.45) is 5.73 Å². The van der Waals surface area contributed by atoms with Crippen molar-refractivity contribution in [1.82, 2.24) is 4.98 Å². The summed E-state index contributed by atoms with van der Waals surface area (Å²) in [5.41, 5.74) is 7.59. The van der Waals surface area contributed by atoms with Crippen molar-refractivity contribution >= 4 is 32.7 Å². The number of rotatable bonds is 9. The summed E-state index contributed by atoms with van der Waals surface area (Å²) >= 11 is 1.61. The molecule has 0 spiro atoms. The standard InChI is InChI=1S/C24H24FN3O2S.C2HF3O2/c1-28(16-17-3-7-19(8-4-17)29-14-2-13-26)24-27-22-12-11-21(15-23(22)31-24)30-20-9-5-18(25)6-10-20;3-2(4,5)1(6)7/h3-12,15H,2,13-14,16,26H2,1H3;(H,6,7). The van der Waals surface area contributed by atoms with Gasteiger partial charge in [-0.25, -0.2) is 14.2 Å². The van der Waals surface area contributed by atoms with Crippen LogP contribution in [-0.2, 0) is 11.3 Å². The maximum absolute atomic E-state index is 13.1. The number of carboxylic acids is 1. The fourth-order valence-corrected chi connectivity index (χ4v) is 4.02. The predicted molar refractivity (Wildman–Crippen MR) is 138 cm³/mol. The maximum atomic E-state index is 13.1. The summed E-state index contributed by atoms with van der Waals surface area (Å²) in [4.78, 5) is 15.8. The number of thiazole rings is 1. The molecule has 12 heteroatoms. The van der Waals surface area contributed by atoms with Gasteiger partial charge < -0.3 is 25.2 Å². The summed E-state index contributed by atoms with van der Waals surface area (Å²) in [7, 11) is 2.03. The van der Waals surface area contributed by atoms with Gasteiger partial charge >= 0.3 is 12.1 Å². The number of fused-ring (bicyclic) bond motifs is 1. The number of aliphatic carboxylic acids is 1. The minimum atomic E-state index is -5.08. The highest BCUT2D eigenvalue weighted by Gasteiger charge is 2.38. The zero-order valence-corrected chi connectivity index (χ0v) is 21.1. The van der Waals surface area contributed by atoms with E-state index in [9.17, 15) is 17.6 Å². The van der Waals surface area contributed by atoms with Gasteiger partial charge in [-0.2, -0.15) is 13.2 Å². The van der Waals surface area contributed by atoms with E-state index in [-0.39, 0.29) is 5.82 Å². The molecule has 0 aliphatic rings. The Morgan fingerprint density at radius 2 is 1.63 bits per heavy atom. The zero-order valence-electron chi connectivity index (χ0n) is 20.2. The second-order valence-electron chi connectivity index (χ2n) is 7.98. The Hall–Kier alpha value is -3.90. The van der Waals surface area contributed by atoms with Crippen molar-refractivity contribution < 1.29 is 36.9 Å². The lowest BCUT2D eigenvalue weighted by molar-refractivity contribution is -0.192. The predicted octanol–water partition coefficient (Wildman–Crippen LogP) is 6.23. The number of nitrogens with two attached hydrogens (primary N) is 1. The monoisotopic (exact) mass is 551 g/mol. The highest BCUT2D eigenvalue weighted by Crippen LogP contribution is 2.33. The second-order valence-corrected chi connectivity index (χ2v) is 8.98. The van der Waals surface area contributed by atoms with Crippen LogP contribution in [0.4, 0.5) is 22.7 Å². The first-order valence-corrected chi connectivity index (χ1v) is 12.1. The normalized spacial score (nSPS) is 11.0. The number of ether oxygens (including phenoxy) is 2. The van der Waals surface area contributed by atoms with Gasteiger partial charge in [-0.1, -0.05) is 23.5 Å². The molecule has 4 aromatic rings. The first kappa shape index (κ1) is 28.7. The molecule has 202 valence electrons. The van der Waals surface area contributed by atoms with Crippen LogP contribution in [0.5, 0.6) is 17.2 Å². The van der Waals surface area contributed by atoms with Crippen LogP contribution in [0, 0.1) is 5.82 Å². The third-order valence-electron chi connectivity index (χ3n) is 4.93. The average Bonchev–Trinajstić information content (AvgIpc) is 3.30. The van der Waals surface area contributed by atoms with Crippen LogP contribution in [0.15, 0.2) is 66.7 Å². The molecule has 0 bridgehead atoms. The number of carbonyl (C=O) groups is 1. The molecule has 0 radical (unpaired) electrons. The number of alkyl halides is 3. The molecule has 0 aliphatic carbocycles. The third kappa shape index (κ3) is 8.60. The molecule has 1 aromatic heterocycles. The fraction of sp³-hybridized carbons (Fsp3) is 0.231. The molecule has 38 heavy (non-hydrogen) atoms. The molecule has 0 saturated carbocycles. The van der Waals surface area contributed by atoms with Crippen molar-refractivity contribution in [3.8, 4) is 17.2 Å². The molecule has 0 amide bonds. The largest absolute Gasteiger partial charge is 0.494 e. The maximum Gasteiger partial charge on any atom is 0.490 e. The Morgan fingerprint density at radius 1 is 1.03 bits per heavy atom. The van der Waals surface area contributed by atoms with Crippen molar-refractivity contribution in [3.05, 3.63) is 78.1 Å². The van der Waals surface area contributed by atoms with E-state index in [1.165, 1.54) is 17.7 Å². The van der Waals surface area contributed by atoms with Crippen LogP contribution in [0.25, 0.3) is 10.2 Å². The lowest BCUT2D eigenvalue weighted by Gasteiger charge is -2.16. The minimum Gasteiger partial charge on any atom is -0.494 e. The number of halogens is 4. The lowest BCUT2D eigenvalue weighted by Crippen LogP contribution is -2.21.